The van der Waals surface area contributed by atoms with Crippen LogP contribution in [0.15, 0.2) is 36.8 Å². The third-order valence-corrected chi connectivity index (χ3v) is 7.28. The average molecular weight is 524 g/mol. The minimum absolute atomic E-state index is 0.0896. The number of nitrogens with zero attached hydrogens (tertiary/aromatic N) is 6. The van der Waals surface area contributed by atoms with Gasteiger partial charge >= 0.3 is 0 Å². The number of hydrogen-bond donors (Lipinski definition) is 4. The van der Waals surface area contributed by atoms with Gasteiger partial charge in [0.1, 0.15) is 17.6 Å². The van der Waals surface area contributed by atoms with E-state index in [1.54, 1.807) is 24.1 Å². The lowest BCUT2D eigenvalue weighted by Crippen LogP contribution is -2.56. The number of halogens is 1. The number of nitrogens with one attached hydrogen (secondary N) is 3. The molecule has 4 heterocycles. The molecule has 0 amide bonds. The van der Waals surface area contributed by atoms with Crippen molar-refractivity contribution in [3.63, 3.8) is 0 Å². The molecule has 4 N–H and O–H groups in total. The molecule has 38 heavy (non-hydrogen) atoms. The number of H-pyrrole nitrogens is 1. The number of benzene rings is 1. The Kier molecular flexibility index (Phi) is 7.19. The maximum absolute atomic E-state index is 15.0. The minimum Gasteiger partial charge on any atom is -0.478 e. The summed E-state index contributed by atoms with van der Waals surface area (Å²) in [7, 11) is 5.41. The van der Waals surface area contributed by atoms with Gasteiger partial charge < -0.3 is 30.4 Å². The molecule has 202 valence electrons. The molecule has 4 aromatic rings. The predicted molar refractivity (Wildman–Crippen MR) is 145 cm³/mol. The molecular weight excluding hydrogens is 489 g/mol. The number of hydrogen-bond acceptors (Lipinski definition) is 9. The maximum Gasteiger partial charge on any atom is 0.256 e. The first-order valence-corrected chi connectivity index (χ1v) is 12.6. The highest BCUT2D eigenvalue weighted by atomic mass is 19.1. The zero-order valence-electron chi connectivity index (χ0n) is 22.2. The summed E-state index contributed by atoms with van der Waals surface area (Å²) in [5.41, 5.74) is 2.77. The van der Waals surface area contributed by atoms with Crippen LogP contribution in [-0.2, 0) is 7.05 Å². The van der Waals surface area contributed by atoms with Crippen LogP contribution in [0.3, 0.4) is 0 Å². The van der Waals surface area contributed by atoms with Crippen molar-refractivity contribution in [2.75, 3.05) is 44.4 Å². The lowest BCUT2D eigenvalue weighted by atomic mass is 10.1. The first-order chi connectivity index (χ1) is 18.2. The van der Waals surface area contributed by atoms with Crippen LogP contribution in [0, 0.1) is 5.82 Å². The van der Waals surface area contributed by atoms with E-state index >= 15 is 0 Å². The SMILES string of the molecule is COc1nn(C)cc1Nc1ncc(F)c(-c2c[nH]c3c(NC(O)[C@@H](C)N4CCN(C)[C@@H](C)C4)cccc23)n1. The molecule has 3 atom stereocenters. The molecule has 3 aromatic heterocycles. The zero-order chi connectivity index (χ0) is 27.0. The monoisotopic (exact) mass is 523 g/mol. The van der Waals surface area contributed by atoms with Gasteiger partial charge in [-0.25, -0.2) is 14.4 Å². The zero-order valence-corrected chi connectivity index (χ0v) is 22.2. The summed E-state index contributed by atoms with van der Waals surface area (Å²) in [6.07, 6.45) is 3.79. The minimum atomic E-state index is -0.788. The fourth-order valence-electron chi connectivity index (χ4n) is 4.84. The highest BCUT2D eigenvalue weighted by Gasteiger charge is 2.28. The molecule has 1 saturated heterocycles. The quantitative estimate of drug-likeness (QED) is 0.258. The van der Waals surface area contributed by atoms with Gasteiger partial charge in [-0.05, 0) is 27.0 Å². The number of ether oxygens (including phenoxy) is 1. The van der Waals surface area contributed by atoms with E-state index in [1.165, 1.54) is 7.11 Å². The van der Waals surface area contributed by atoms with Crippen molar-refractivity contribution in [1.82, 2.24) is 34.5 Å². The maximum atomic E-state index is 15.0. The summed E-state index contributed by atoms with van der Waals surface area (Å²) in [5.74, 6) is 0.0383. The van der Waals surface area contributed by atoms with Gasteiger partial charge in [0.25, 0.3) is 5.88 Å². The molecule has 0 saturated carbocycles. The highest BCUT2D eigenvalue weighted by molar-refractivity contribution is 6.01. The van der Waals surface area contributed by atoms with Gasteiger partial charge in [0.2, 0.25) is 5.95 Å². The summed E-state index contributed by atoms with van der Waals surface area (Å²) >= 11 is 0. The van der Waals surface area contributed by atoms with E-state index in [0.29, 0.717) is 23.2 Å². The van der Waals surface area contributed by atoms with Gasteiger partial charge in [0.05, 0.1) is 36.7 Å². The van der Waals surface area contributed by atoms with Crippen LogP contribution in [-0.4, -0.2) is 91.7 Å². The van der Waals surface area contributed by atoms with Crippen LogP contribution in [0.25, 0.3) is 22.2 Å². The van der Waals surface area contributed by atoms with E-state index in [4.69, 9.17) is 4.74 Å². The van der Waals surface area contributed by atoms with Gasteiger partial charge in [0.15, 0.2) is 5.82 Å². The molecular formula is C26H34FN9O2. The van der Waals surface area contributed by atoms with Crippen molar-refractivity contribution in [1.29, 1.82) is 0 Å². The van der Waals surface area contributed by atoms with Crippen LogP contribution in [0.5, 0.6) is 5.88 Å². The Labute approximate surface area is 220 Å². The second-order valence-electron chi connectivity index (χ2n) is 9.83. The number of fused-ring (bicyclic) bond motifs is 1. The first kappa shape index (κ1) is 25.9. The number of methoxy groups -OCH3 is 1. The molecule has 1 fully saturated rings. The van der Waals surface area contributed by atoms with Crippen LogP contribution in [0.2, 0.25) is 0 Å². The molecule has 1 aromatic carbocycles. The third-order valence-electron chi connectivity index (χ3n) is 7.28. The standard InChI is InChI=1S/C26H34FN9O2/c1-15-13-36(10-9-34(15)3)16(2)24(37)30-20-8-6-7-17-18(11-28-23(17)20)22-19(27)12-29-26(32-22)31-21-14-35(4)33-25(21)38-5/h6-8,11-12,14-16,24,28,30,37H,9-10,13H2,1-5H3,(H,29,31,32)/t15-,16+,24?/m0/s1. The van der Waals surface area contributed by atoms with E-state index in [0.717, 1.165) is 42.4 Å². The number of likely N-dealkylation sites (N-methyl/N-ethyl adjacent to an activating group) is 1. The Morgan fingerprint density at radius 3 is 2.82 bits per heavy atom. The van der Waals surface area contributed by atoms with Gasteiger partial charge in [-0.3, -0.25) is 9.58 Å². The van der Waals surface area contributed by atoms with Crippen molar-refractivity contribution >= 4 is 28.2 Å². The normalized spacial score (nSPS) is 18.4. The number of aliphatic hydroxyl groups excluding tert-OH is 1. The Hall–Kier alpha value is -3.74. The largest absolute Gasteiger partial charge is 0.478 e. The molecule has 1 aliphatic heterocycles. The van der Waals surface area contributed by atoms with Crippen molar-refractivity contribution in [3.05, 3.63) is 42.6 Å². The lowest BCUT2D eigenvalue weighted by Gasteiger charge is -2.42. The third kappa shape index (κ3) is 5.02. The number of aromatic amines is 1. The predicted octanol–water partition coefficient (Wildman–Crippen LogP) is 3.00. The number of piperazine rings is 1. The van der Waals surface area contributed by atoms with Crippen molar-refractivity contribution in [3.8, 4) is 17.1 Å². The molecule has 1 unspecified atom stereocenters. The summed E-state index contributed by atoms with van der Waals surface area (Å²) in [5, 5.41) is 22.3. The van der Waals surface area contributed by atoms with Crippen LogP contribution >= 0.6 is 0 Å². The van der Waals surface area contributed by atoms with E-state index < -0.39 is 12.0 Å². The lowest BCUT2D eigenvalue weighted by molar-refractivity contribution is 0.0253. The molecule has 0 aliphatic carbocycles. The Morgan fingerprint density at radius 2 is 2.05 bits per heavy atom. The van der Waals surface area contributed by atoms with Crippen molar-refractivity contribution < 1.29 is 14.2 Å². The number of aryl methyl sites for hydroxylation is 1. The van der Waals surface area contributed by atoms with Crippen LogP contribution < -0.4 is 15.4 Å². The molecule has 11 nitrogen and oxygen atoms in total. The van der Waals surface area contributed by atoms with Crippen molar-refractivity contribution in [2.45, 2.75) is 32.2 Å². The van der Waals surface area contributed by atoms with Crippen LogP contribution in [0.1, 0.15) is 13.8 Å². The Bertz CT molecular complexity index is 1420. The number of rotatable bonds is 8. The first-order valence-electron chi connectivity index (χ1n) is 12.6. The van der Waals surface area contributed by atoms with E-state index in [2.05, 4.69) is 54.5 Å². The van der Waals surface area contributed by atoms with E-state index in [-0.39, 0.29) is 17.7 Å². The fraction of sp³-hybridized carbons (Fsp3) is 0.423. The highest BCUT2D eigenvalue weighted by Crippen LogP contribution is 2.34. The second kappa shape index (κ2) is 10.6. The summed E-state index contributed by atoms with van der Waals surface area (Å²) < 4.78 is 21.8. The number of aliphatic hydroxyl groups is 1. The molecule has 1 aliphatic rings. The van der Waals surface area contributed by atoms with Gasteiger partial charge in [-0.2, -0.15) is 0 Å². The van der Waals surface area contributed by atoms with Gasteiger partial charge in [-0.15, -0.1) is 5.10 Å². The smallest absolute Gasteiger partial charge is 0.256 e. The van der Waals surface area contributed by atoms with E-state index in [9.17, 15) is 9.50 Å². The fourth-order valence-corrected chi connectivity index (χ4v) is 4.84. The molecule has 0 bridgehead atoms. The van der Waals surface area contributed by atoms with E-state index in [1.807, 2.05) is 25.1 Å². The number of anilines is 3. The van der Waals surface area contributed by atoms with Crippen LogP contribution in [0.4, 0.5) is 21.7 Å². The topological polar surface area (TPSA) is 119 Å². The molecule has 12 heteroatoms. The summed E-state index contributed by atoms with van der Waals surface area (Å²) in [4.78, 5) is 16.4. The second-order valence-corrected chi connectivity index (χ2v) is 9.83. The molecule has 0 spiro atoms. The number of aromatic nitrogens is 5. The molecule has 5 rings (SSSR count). The Balaban J connectivity index is 1.39. The summed E-state index contributed by atoms with van der Waals surface area (Å²) in [6, 6.07) is 5.99. The van der Waals surface area contributed by atoms with Gasteiger partial charge in [-0.1, -0.05) is 12.1 Å². The van der Waals surface area contributed by atoms with Crippen molar-refractivity contribution in [2.24, 2.45) is 7.05 Å². The average Bonchev–Trinajstić information content (AvgIpc) is 3.49. The number of para-hydroxylation sites is 1. The molecule has 0 radical (unpaired) electrons. The van der Waals surface area contributed by atoms with Gasteiger partial charge in [0, 0.05) is 49.9 Å². The summed E-state index contributed by atoms with van der Waals surface area (Å²) in [6.45, 7) is 6.97. The Morgan fingerprint density at radius 1 is 1.24 bits per heavy atom.